The standard InChI is InChI=1S/C24H24N4OS2/c29-23(25-17-20-10-5-2-6-11-20)18-31-24-27-26-22(16-21-12-7-15-30-21)28(24)14-13-19-8-3-1-4-9-19/h1-12,15H,13-14,16-18H2,(H,25,29). The zero-order chi connectivity index (χ0) is 21.3. The molecule has 0 aliphatic heterocycles. The summed E-state index contributed by atoms with van der Waals surface area (Å²) in [7, 11) is 0. The minimum atomic E-state index is -0.00808. The Balaban J connectivity index is 1.40. The Morgan fingerprint density at radius 2 is 1.68 bits per heavy atom. The van der Waals surface area contributed by atoms with Crippen molar-refractivity contribution in [3.8, 4) is 0 Å². The van der Waals surface area contributed by atoms with Crippen LogP contribution in [0, 0.1) is 0 Å². The second kappa shape index (κ2) is 10.9. The number of thiophene rings is 1. The molecule has 31 heavy (non-hydrogen) atoms. The second-order valence-electron chi connectivity index (χ2n) is 7.09. The Kier molecular flexibility index (Phi) is 7.52. The molecule has 2 aromatic carbocycles. The second-order valence-corrected chi connectivity index (χ2v) is 9.07. The van der Waals surface area contributed by atoms with Gasteiger partial charge in [0.1, 0.15) is 5.82 Å². The molecule has 0 bridgehead atoms. The van der Waals surface area contributed by atoms with Crippen LogP contribution in [-0.4, -0.2) is 26.4 Å². The first-order valence-electron chi connectivity index (χ1n) is 10.2. The van der Waals surface area contributed by atoms with Crippen molar-refractivity contribution in [3.63, 3.8) is 0 Å². The minimum absolute atomic E-state index is 0.00808. The number of aryl methyl sites for hydroxylation is 1. The topological polar surface area (TPSA) is 59.8 Å². The van der Waals surface area contributed by atoms with Crippen LogP contribution in [0.3, 0.4) is 0 Å². The van der Waals surface area contributed by atoms with Crippen molar-refractivity contribution in [2.45, 2.75) is 31.1 Å². The highest BCUT2D eigenvalue weighted by molar-refractivity contribution is 7.99. The Morgan fingerprint density at radius 1 is 0.935 bits per heavy atom. The molecule has 1 N–H and O–H groups in total. The van der Waals surface area contributed by atoms with Gasteiger partial charge in [0.05, 0.1) is 5.75 Å². The average molecular weight is 449 g/mol. The van der Waals surface area contributed by atoms with Crippen LogP contribution in [0.2, 0.25) is 0 Å². The summed E-state index contributed by atoms with van der Waals surface area (Å²) in [4.78, 5) is 13.6. The molecule has 1 amide bonds. The molecule has 2 aromatic heterocycles. The highest BCUT2D eigenvalue weighted by Gasteiger charge is 2.15. The van der Waals surface area contributed by atoms with E-state index in [2.05, 4.69) is 61.9 Å². The summed E-state index contributed by atoms with van der Waals surface area (Å²) in [5.74, 6) is 1.24. The summed E-state index contributed by atoms with van der Waals surface area (Å²) < 4.78 is 2.15. The Morgan fingerprint density at radius 3 is 2.39 bits per heavy atom. The molecule has 0 aliphatic carbocycles. The molecule has 4 rings (SSSR count). The van der Waals surface area contributed by atoms with Gasteiger partial charge in [0.25, 0.3) is 0 Å². The van der Waals surface area contributed by atoms with E-state index in [0.29, 0.717) is 12.3 Å². The molecule has 0 spiro atoms. The molecule has 0 unspecified atom stereocenters. The van der Waals surface area contributed by atoms with Crippen molar-refractivity contribution in [1.29, 1.82) is 0 Å². The third-order valence-corrected chi connectivity index (χ3v) is 6.68. The molecular formula is C24H24N4OS2. The quantitative estimate of drug-likeness (QED) is 0.361. The lowest BCUT2D eigenvalue weighted by Gasteiger charge is -2.10. The molecule has 4 aromatic rings. The fourth-order valence-electron chi connectivity index (χ4n) is 3.21. The van der Waals surface area contributed by atoms with Crippen LogP contribution in [0.15, 0.2) is 83.3 Å². The van der Waals surface area contributed by atoms with Crippen molar-refractivity contribution < 1.29 is 4.79 Å². The molecule has 2 heterocycles. The van der Waals surface area contributed by atoms with Crippen LogP contribution in [-0.2, 0) is 30.7 Å². The first kappa shape index (κ1) is 21.3. The Bertz CT molecular complexity index is 1080. The van der Waals surface area contributed by atoms with E-state index >= 15 is 0 Å². The highest BCUT2D eigenvalue weighted by atomic mass is 32.2. The van der Waals surface area contributed by atoms with E-state index in [9.17, 15) is 4.79 Å². The van der Waals surface area contributed by atoms with Gasteiger partial charge in [-0.05, 0) is 29.0 Å². The molecule has 7 heteroatoms. The largest absolute Gasteiger partial charge is 0.351 e. The van der Waals surface area contributed by atoms with Crippen LogP contribution >= 0.6 is 23.1 Å². The molecular weight excluding hydrogens is 424 g/mol. The van der Waals surface area contributed by atoms with Gasteiger partial charge < -0.3 is 9.88 Å². The predicted molar refractivity (Wildman–Crippen MR) is 126 cm³/mol. The van der Waals surface area contributed by atoms with Crippen molar-refractivity contribution in [2.24, 2.45) is 0 Å². The number of thioether (sulfide) groups is 1. The van der Waals surface area contributed by atoms with Gasteiger partial charge in [-0.1, -0.05) is 78.5 Å². The molecule has 5 nitrogen and oxygen atoms in total. The molecule has 0 atom stereocenters. The van der Waals surface area contributed by atoms with Gasteiger partial charge in [-0.2, -0.15) is 0 Å². The summed E-state index contributed by atoms with van der Waals surface area (Å²) in [6.45, 7) is 1.32. The first-order valence-corrected chi connectivity index (χ1v) is 12.1. The molecule has 0 fully saturated rings. The molecule has 0 saturated heterocycles. The number of hydrogen-bond acceptors (Lipinski definition) is 5. The average Bonchev–Trinajstić information content (AvgIpc) is 3.46. The van der Waals surface area contributed by atoms with Gasteiger partial charge in [0.15, 0.2) is 5.16 Å². The SMILES string of the molecule is O=C(CSc1nnc(Cc2cccs2)n1CCc1ccccc1)NCc1ccccc1. The van der Waals surface area contributed by atoms with E-state index in [-0.39, 0.29) is 5.91 Å². The van der Waals surface area contributed by atoms with Gasteiger partial charge in [-0.15, -0.1) is 21.5 Å². The number of hydrogen-bond donors (Lipinski definition) is 1. The fourth-order valence-corrected chi connectivity index (χ4v) is 4.73. The number of carbonyl (C=O) groups is 1. The Hall–Kier alpha value is -2.90. The maximum absolute atomic E-state index is 12.4. The summed E-state index contributed by atoms with van der Waals surface area (Å²) in [6.07, 6.45) is 1.64. The predicted octanol–water partition coefficient (Wildman–Crippen LogP) is 4.58. The van der Waals surface area contributed by atoms with E-state index in [1.165, 1.54) is 22.2 Å². The third-order valence-electron chi connectivity index (χ3n) is 4.84. The van der Waals surface area contributed by atoms with Crippen molar-refractivity contribution >= 4 is 29.0 Å². The van der Waals surface area contributed by atoms with E-state index < -0.39 is 0 Å². The van der Waals surface area contributed by atoms with Crippen molar-refractivity contribution in [1.82, 2.24) is 20.1 Å². The maximum atomic E-state index is 12.4. The van der Waals surface area contributed by atoms with Gasteiger partial charge in [-0.3, -0.25) is 4.79 Å². The molecule has 0 radical (unpaired) electrons. The van der Waals surface area contributed by atoms with Crippen LogP contribution in [0.25, 0.3) is 0 Å². The first-order chi connectivity index (χ1) is 15.3. The molecule has 158 valence electrons. The summed E-state index contributed by atoms with van der Waals surface area (Å²) in [6, 6.07) is 24.5. The summed E-state index contributed by atoms with van der Waals surface area (Å²) in [5.41, 5.74) is 2.36. The lowest BCUT2D eigenvalue weighted by Crippen LogP contribution is -2.24. The number of carbonyl (C=O) groups excluding carboxylic acids is 1. The van der Waals surface area contributed by atoms with Gasteiger partial charge in [-0.25, -0.2) is 0 Å². The lowest BCUT2D eigenvalue weighted by molar-refractivity contribution is -0.118. The van der Waals surface area contributed by atoms with E-state index in [0.717, 1.165) is 35.9 Å². The maximum Gasteiger partial charge on any atom is 0.230 e. The number of amides is 1. The summed E-state index contributed by atoms with van der Waals surface area (Å²) in [5, 5.41) is 14.7. The highest BCUT2D eigenvalue weighted by Crippen LogP contribution is 2.21. The molecule has 0 saturated carbocycles. The normalized spacial score (nSPS) is 10.8. The smallest absolute Gasteiger partial charge is 0.230 e. The van der Waals surface area contributed by atoms with E-state index in [4.69, 9.17) is 0 Å². The number of nitrogens with one attached hydrogen (secondary N) is 1. The number of rotatable bonds is 10. The zero-order valence-corrected chi connectivity index (χ0v) is 18.7. The number of benzene rings is 2. The van der Waals surface area contributed by atoms with E-state index in [1.807, 2.05) is 36.4 Å². The van der Waals surface area contributed by atoms with Crippen LogP contribution in [0.1, 0.15) is 21.8 Å². The van der Waals surface area contributed by atoms with Crippen LogP contribution < -0.4 is 5.32 Å². The lowest BCUT2D eigenvalue weighted by atomic mass is 10.1. The fraction of sp³-hybridized carbons (Fsp3) is 0.208. The van der Waals surface area contributed by atoms with Gasteiger partial charge in [0, 0.05) is 24.4 Å². The van der Waals surface area contributed by atoms with E-state index in [1.54, 1.807) is 11.3 Å². The number of aromatic nitrogens is 3. The van der Waals surface area contributed by atoms with Crippen molar-refractivity contribution in [3.05, 3.63) is 100 Å². The molecule has 0 aliphatic rings. The summed E-state index contributed by atoms with van der Waals surface area (Å²) >= 11 is 3.16. The van der Waals surface area contributed by atoms with Crippen LogP contribution in [0.5, 0.6) is 0 Å². The van der Waals surface area contributed by atoms with Crippen LogP contribution in [0.4, 0.5) is 0 Å². The Labute approximate surface area is 190 Å². The van der Waals surface area contributed by atoms with Gasteiger partial charge >= 0.3 is 0 Å². The van der Waals surface area contributed by atoms with Gasteiger partial charge in [0.2, 0.25) is 5.91 Å². The number of nitrogens with zero attached hydrogens (tertiary/aromatic N) is 3. The zero-order valence-electron chi connectivity index (χ0n) is 17.1. The monoisotopic (exact) mass is 448 g/mol. The van der Waals surface area contributed by atoms with Crippen molar-refractivity contribution in [2.75, 3.05) is 5.75 Å². The minimum Gasteiger partial charge on any atom is -0.351 e. The third kappa shape index (κ3) is 6.29.